The van der Waals surface area contributed by atoms with E-state index in [4.69, 9.17) is 0 Å². The Kier molecular flexibility index (Phi) is 6.85. The van der Waals surface area contributed by atoms with Crippen LogP contribution in [0.25, 0.3) is 5.69 Å². The summed E-state index contributed by atoms with van der Waals surface area (Å²) in [6, 6.07) is 11.4. The molecule has 0 bridgehead atoms. The van der Waals surface area contributed by atoms with Gasteiger partial charge in [-0.1, -0.05) is 23.1 Å². The molecule has 0 unspecified atom stereocenters. The number of nitrogens with one attached hydrogen (secondary N) is 2. The third-order valence-electron chi connectivity index (χ3n) is 5.99. The lowest BCUT2D eigenvalue weighted by atomic mass is 10.0. The second-order valence-electron chi connectivity index (χ2n) is 9.04. The van der Waals surface area contributed by atoms with Crippen LogP contribution in [-0.4, -0.2) is 31.8 Å². The van der Waals surface area contributed by atoms with Crippen LogP contribution in [0.5, 0.6) is 0 Å². The largest absolute Gasteiger partial charge is 0.416 e. The van der Waals surface area contributed by atoms with E-state index < -0.39 is 17.6 Å². The van der Waals surface area contributed by atoms with E-state index >= 15 is 0 Å². The monoisotopic (exact) mass is 530 g/mol. The van der Waals surface area contributed by atoms with Crippen molar-refractivity contribution in [2.75, 3.05) is 10.6 Å². The van der Waals surface area contributed by atoms with Crippen LogP contribution in [0, 0.1) is 24.7 Å². The van der Waals surface area contributed by atoms with E-state index in [9.17, 15) is 22.8 Å². The molecule has 2 aromatic heterocycles. The van der Waals surface area contributed by atoms with Crippen molar-refractivity contribution in [1.82, 2.24) is 20.0 Å². The summed E-state index contributed by atoms with van der Waals surface area (Å²) < 4.78 is 41.6. The Balaban J connectivity index is 1.34. The Bertz CT molecular complexity index is 1600. The molecule has 0 spiro atoms. The van der Waals surface area contributed by atoms with Crippen LogP contribution < -0.4 is 10.6 Å². The Morgan fingerprint density at radius 3 is 2.51 bits per heavy atom. The molecule has 2 heterocycles. The van der Waals surface area contributed by atoms with Gasteiger partial charge in [0.1, 0.15) is 5.82 Å². The minimum absolute atomic E-state index is 0.0354. The first-order chi connectivity index (χ1) is 18.7. The van der Waals surface area contributed by atoms with E-state index in [0.29, 0.717) is 16.9 Å². The highest BCUT2D eigenvalue weighted by molar-refractivity contribution is 6.04. The average molecular weight is 531 g/mol. The van der Waals surface area contributed by atoms with Crippen molar-refractivity contribution in [3.8, 4) is 17.5 Å². The summed E-state index contributed by atoms with van der Waals surface area (Å²) in [6.07, 6.45) is 1.45. The zero-order chi connectivity index (χ0) is 27.6. The summed E-state index contributed by atoms with van der Waals surface area (Å²) in [5.74, 6) is 5.88. The van der Waals surface area contributed by atoms with Crippen LogP contribution in [0.15, 0.2) is 67.1 Å². The van der Waals surface area contributed by atoms with Crippen molar-refractivity contribution in [3.05, 3.63) is 94.9 Å². The number of anilines is 2. The van der Waals surface area contributed by atoms with E-state index in [1.807, 2.05) is 6.92 Å². The third kappa shape index (κ3) is 6.30. The molecule has 1 aliphatic carbocycles. The zero-order valence-electron chi connectivity index (χ0n) is 20.6. The number of hydrogen-bond acceptors (Lipinski definition) is 5. The summed E-state index contributed by atoms with van der Waals surface area (Å²) in [5.41, 5.74) is 1.33. The molecule has 196 valence electrons. The van der Waals surface area contributed by atoms with E-state index in [0.717, 1.165) is 30.5 Å². The van der Waals surface area contributed by atoms with E-state index in [1.54, 1.807) is 36.5 Å². The van der Waals surface area contributed by atoms with Gasteiger partial charge in [0.25, 0.3) is 5.91 Å². The summed E-state index contributed by atoms with van der Waals surface area (Å²) >= 11 is 0. The fraction of sp³-hybridized carbons (Fsp3) is 0.179. The minimum atomic E-state index is -4.63. The third-order valence-corrected chi connectivity index (χ3v) is 5.99. The fourth-order valence-corrected chi connectivity index (χ4v) is 3.68. The number of alkyl halides is 3. The molecule has 2 aromatic carbocycles. The normalized spacial score (nSPS) is 12.8. The second kappa shape index (κ2) is 10.4. The number of pyridine rings is 1. The highest BCUT2D eigenvalue weighted by Gasteiger charge is 2.32. The topological polar surface area (TPSA) is 102 Å². The van der Waals surface area contributed by atoms with E-state index in [1.165, 1.54) is 23.1 Å². The summed E-state index contributed by atoms with van der Waals surface area (Å²) in [6.45, 7) is 1.83. The summed E-state index contributed by atoms with van der Waals surface area (Å²) in [5, 5.41) is 12.6. The number of benzene rings is 2. The lowest BCUT2D eigenvalue weighted by Gasteiger charge is -2.13. The predicted molar refractivity (Wildman–Crippen MR) is 137 cm³/mol. The number of halogens is 3. The zero-order valence-corrected chi connectivity index (χ0v) is 20.6. The Morgan fingerprint density at radius 2 is 1.85 bits per heavy atom. The number of hydrogen-bond donors (Lipinski definition) is 2. The maximum absolute atomic E-state index is 13.5. The van der Waals surface area contributed by atoms with Crippen molar-refractivity contribution in [1.29, 1.82) is 0 Å². The van der Waals surface area contributed by atoms with Gasteiger partial charge in [-0.25, -0.2) is 9.67 Å². The van der Waals surface area contributed by atoms with Gasteiger partial charge in [0, 0.05) is 34.5 Å². The molecule has 11 heteroatoms. The van der Waals surface area contributed by atoms with Gasteiger partial charge in [-0.05, 0) is 67.8 Å². The van der Waals surface area contributed by atoms with Crippen molar-refractivity contribution in [2.24, 2.45) is 5.92 Å². The van der Waals surface area contributed by atoms with Gasteiger partial charge >= 0.3 is 6.18 Å². The van der Waals surface area contributed by atoms with Crippen LogP contribution in [0.2, 0.25) is 0 Å². The highest BCUT2D eigenvalue weighted by Crippen LogP contribution is 2.33. The van der Waals surface area contributed by atoms with Gasteiger partial charge in [0.05, 0.1) is 23.6 Å². The molecule has 2 N–H and O–H groups in total. The van der Waals surface area contributed by atoms with Gasteiger partial charge < -0.3 is 10.6 Å². The van der Waals surface area contributed by atoms with Gasteiger partial charge in [-0.3, -0.25) is 9.59 Å². The maximum atomic E-state index is 13.5. The Hall–Kier alpha value is -4.98. The molecule has 0 saturated heterocycles. The molecule has 1 fully saturated rings. The van der Waals surface area contributed by atoms with Crippen molar-refractivity contribution < 1.29 is 22.8 Å². The highest BCUT2D eigenvalue weighted by atomic mass is 19.4. The Labute approximate surface area is 221 Å². The molecule has 8 nitrogen and oxygen atoms in total. The fourth-order valence-electron chi connectivity index (χ4n) is 3.68. The maximum Gasteiger partial charge on any atom is 0.416 e. The number of aromatic nitrogens is 4. The predicted octanol–water partition coefficient (Wildman–Crippen LogP) is 4.99. The Morgan fingerprint density at radius 1 is 1.03 bits per heavy atom. The number of rotatable bonds is 5. The smallest absolute Gasteiger partial charge is 0.322 e. The molecule has 0 radical (unpaired) electrons. The van der Waals surface area contributed by atoms with Gasteiger partial charge in [0.2, 0.25) is 5.91 Å². The second-order valence-corrected chi connectivity index (χ2v) is 9.04. The van der Waals surface area contributed by atoms with Crippen LogP contribution >= 0.6 is 0 Å². The lowest BCUT2D eigenvalue weighted by molar-refractivity contribution is -0.137. The number of amides is 2. The number of aryl methyl sites for hydroxylation is 1. The van der Waals surface area contributed by atoms with Crippen molar-refractivity contribution in [3.63, 3.8) is 0 Å². The molecule has 1 saturated carbocycles. The first-order valence-corrected chi connectivity index (χ1v) is 12.0. The molecule has 0 aliphatic heterocycles. The summed E-state index contributed by atoms with van der Waals surface area (Å²) in [4.78, 5) is 29.1. The average Bonchev–Trinajstić information content (AvgIpc) is 3.62. The summed E-state index contributed by atoms with van der Waals surface area (Å²) in [7, 11) is 0. The SMILES string of the molecule is Cc1ccc(C(=O)Nc2cc(-n3ccnn3)cc(C(F)(F)F)c2)cc1C#Cc1ccc(NC(=O)C2CC2)nc1. The standard InChI is InChI=1S/C28H21F3N6O2/c1-17-2-5-21(12-20(17)6-3-18-4-9-25(32-16-18)35-26(38)19-7-8-19)27(39)34-23-13-22(28(29,30)31)14-24(15-23)37-11-10-33-36-37/h2,4-5,9-16,19H,7-8H2,1H3,(H,34,39)(H,32,35,38). The molecule has 4 aromatic rings. The van der Waals surface area contributed by atoms with Gasteiger partial charge in [-0.15, -0.1) is 5.10 Å². The molecular formula is C28H21F3N6O2. The molecule has 39 heavy (non-hydrogen) atoms. The molecule has 5 rings (SSSR count). The van der Waals surface area contributed by atoms with Crippen LogP contribution in [-0.2, 0) is 11.0 Å². The van der Waals surface area contributed by atoms with Crippen LogP contribution in [0.3, 0.4) is 0 Å². The lowest BCUT2D eigenvalue weighted by Crippen LogP contribution is -2.14. The number of carbonyl (C=O) groups is 2. The van der Waals surface area contributed by atoms with E-state index in [2.05, 4.69) is 37.8 Å². The quantitative estimate of drug-likeness (QED) is 0.354. The molecule has 0 atom stereocenters. The minimum Gasteiger partial charge on any atom is -0.322 e. The molecular weight excluding hydrogens is 509 g/mol. The van der Waals surface area contributed by atoms with Crippen LogP contribution in [0.4, 0.5) is 24.7 Å². The van der Waals surface area contributed by atoms with Crippen molar-refractivity contribution >= 4 is 23.3 Å². The van der Waals surface area contributed by atoms with Gasteiger partial charge in [-0.2, -0.15) is 13.2 Å². The van der Waals surface area contributed by atoms with E-state index in [-0.39, 0.29) is 28.8 Å². The number of nitrogens with zero attached hydrogens (tertiary/aromatic N) is 4. The molecule has 2 amide bonds. The first-order valence-electron chi connectivity index (χ1n) is 12.0. The van der Waals surface area contributed by atoms with Gasteiger partial charge in [0.15, 0.2) is 0 Å². The molecule has 1 aliphatic rings. The number of carbonyl (C=O) groups excluding carboxylic acids is 2. The van der Waals surface area contributed by atoms with Crippen molar-refractivity contribution in [2.45, 2.75) is 25.9 Å². The first kappa shape index (κ1) is 25.7. The van der Waals surface area contributed by atoms with Crippen LogP contribution in [0.1, 0.15) is 45.5 Å².